The summed E-state index contributed by atoms with van der Waals surface area (Å²) in [5.74, 6) is 0.102. The monoisotopic (exact) mass is 344 g/mol. The van der Waals surface area contributed by atoms with Gasteiger partial charge in [0.15, 0.2) is 0 Å². The summed E-state index contributed by atoms with van der Waals surface area (Å²) in [5, 5.41) is 0. The molecule has 2 rings (SSSR count). The topological polar surface area (TPSA) is 49.9 Å². The van der Waals surface area contributed by atoms with Crippen LogP contribution in [0.3, 0.4) is 0 Å². The molecule has 1 heterocycles. The van der Waals surface area contributed by atoms with Gasteiger partial charge in [0.05, 0.1) is 6.04 Å². The molecule has 0 bridgehead atoms. The van der Waals surface area contributed by atoms with Crippen LogP contribution in [-0.2, 0) is 9.53 Å². The van der Waals surface area contributed by atoms with Gasteiger partial charge in [-0.05, 0) is 31.9 Å². The van der Waals surface area contributed by atoms with Crippen molar-refractivity contribution in [2.45, 2.75) is 45.8 Å². The van der Waals surface area contributed by atoms with E-state index in [1.165, 1.54) is 0 Å². The fourth-order valence-electron chi connectivity index (χ4n) is 3.04. The van der Waals surface area contributed by atoms with E-state index in [0.29, 0.717) is 26.1 Å². The van der Waals surface area contributed by atoms with Crippen LogP contribution >= 0.6 is 0 Å². The summed E-state index contributed by atoms with van der Waals surface area (Å²) in [7, 11) is 0. The quantitative estimate of drug-likeness (QED) is 0.836. The molecule has 0 saturated carbocycles. The van der Waals surface area contributed by atoms with Crippen molar-refractivity contribution in [1.29, 1.82) is 0 Å². The molecule has 0 N–H and O–H groups in total. The molecule has 5 nitrogen and oxygen atoms in total. The van der Waals surface area contributed by atoms with Gasteiger partial charge in [0.1, 0.15) is 5.60 Å². The second kappa shape index (κ2) is 7.72. The van der Waals surface area contributed by atoms with Crippen molar-refractivity contribution in [2.75, 3.05) is 19.6 Å². The van der Waals surface area contributed by atoms with E-state index in [9.17, 15) is 9.59 Å². The minimum Gasteiger partial charge on any atom is -0.444 e. The molecule has 0 spiro atoms. The summed E-state index contributed by atoms with van der Waals surface area (Å²) in [4.78, 5) is 28.4. The van der Waals surface area contributed by atoms with Gasteiger partial charge in [-0.2, -0.15) is 0 Å². The summed E-state index contributed by atoms with van der Waals surface area (Å²) >= 11 is 0. The number of carbonyl (C=O) groups excluding carboxylic acids is 2. The van der Waals surface area contributed by atoms with Crippen LogP contribution in [0.5, 0.6) is 0 Å². The van der Waals surface area contributed by atoms with E-state index in [4.69, 9.17) is 4.74 Å². The number of ether oxygens (including phenoxy) is 1. The van der Waals surface area contributed by atoms with Crippen LogP contribution in [-0.4, -0.2) is 47.0 Å². The maximum Gasteiger partial charge on any atom is 0.410 e. The Balaban J connectivity index is 2.36. The van der Waals surface area contributed by atoms with E-state index < -0.39 is 5.60 Å². The van der Waals surface area contributed by atoms with Crippen molar-refractivity contribution in [3.63, 3.8) is 0 Å². The van der Waals surface area contributed by atoms with Crippen molar-refractivity contribution in [2.24, 2.45) is 0 Å². The van der Waals surface area contributed by atoms with Gasteiger partial charge < -0.3 is 9.64 Å². The second-order valence-electron chi connectivity index (χ2n) is 7.22. The SMILES string of the molecule is C=Cc1ccccc1C1CN(C(=O)CC)CCN1C(=O)OC(C)(C)C. The summed E-state index contributed by atoms with van der Waals surface area (Å²) in [5.41, 5.74) is 1.39. The Morgan fingerprint density at radius 2 is 1.96 bits per heavy atom. The molecule has 0 aliphatic carbocycles. The van der Waals surface area contributed by atoms with E-state index in [0.717, 1.165) is 11.1 Å². The van der Waals surface area contributed by atoms with Gasteiger partial charge in [-0.1, -0.05) is 43.8 Å². The highest BCUT2D eigenvalue weighted by atomic mass is 16.6. The summed E-state index contributed by atoms with van der Waals surface area (Å²) in [6.45, 7) is 12.7. The molecule has 1 saturated heterocycles. The van der Waals surface area contributed by atoms with Crippen molar-refractivity contribution in [3.8, 4) is 0 Å². The third-order valence-electron chi connectivity index (χ3n) is 4.24. The Bertz CT molecular complexity index is 649. The summed E-state index contributed by atoms with van der Waals surface area (Å²) < 4.78 is 5.58. The minimum atomic E-state index is -0.560. The van der Waals surface area contributed by atoms with Gasteiger partial charge >= 0.3 is 6.09 Å². The number of nitrogens with zero attached hydrogens (tertiary/aromatic N) is 2. The van der Waals surface area contributed by atoms with Crippen molar-refractivity contribution in [1.82, 2.24) is 9.80 Å². The highest BCUT2D eigenvalue weighted by molar-refractivity contribution is 5.77. The first-order chi connectivity index (χ1) is 11.8. The number of rotatable bonds is 3. The maximum absolute atomic E-state index is 12.7. The third kappa shape index (κ3) is 4.62. The number of piperazine rings is 1. The Hall–Kier alpha value is -2.30. The smallest absolute Gasteiger partial charge is 0.410 e. The zero-order chi connectivity index (χ0) is 18.6. The normalized spacial score (nSPS) is 18.0. The molecule has 2 amide bonds. The highest BCUT2D eigenvalue weighted by Gasteiger charge is 2.36. The standard InChI is InChI=1S/C20H28N2O3/c1-6-15-10-8-9-11-16(15)17-14-21(18(23)7-2)12-13-22(17)19(24)25-20(3,4)5/h6,8-11,17H,1,7,12-14H2,2-5H3. The molecule has 1 fully saturated rings. The van der Waals surface area contributed by atoms with Gasteiger partial charge in [-0.15, -0.1) is 0 Å². The lowest BCUT2D eigenvalue weighted by Gasteiger charge is -2.42. The maximum atomic E-state index is 12.7. The highest BCUT2D eigenvalue weighted by Crippen LogP contribution is 2.30. The van der Waals surface area contributed by atoms with Gasteiger partial charge in [0, 0.05) is 26.1 Å². The van der Waals surface area contributed by atoms with Crippen molar-refractivity contribution < 1.29 is 14.3 Å². The molecule has 0 aromatic heterocycles. The second-order valence-corrected chi connectivity index (χ2v) is 7.22. The van der Waals surface area contributed by atoms with Crippen LogP contribution in [0.25, 0.3) is 6.08 Å². The van der Waals surface area contributed by atoms with Gasteiger partial charge in [0.25, 0.3) is 0 Å². The molecular formula is C20H28N2O3. The first-order valence-corrected chi connectivity index (χ1v) is 8.75. The van der Waals surface area contributed by atoms with E-state index in [1.54, 1.807) is 11.0 Å². The summed E-state index contributed by atoms with van der Waals surface area (Å²) in [6, 6.07) is 7.59. The fraction of sp³-hybridized carbons (Fsp3) is 0.500. The zero-order valence-electron chi connectivity index (χ0n) is 15.6. The molecule has 1 aliphatic rings. The molecule has 25 heavy (non-hydrogen) atoms. The lowest BCUT2D eigenvalue weighted by Crippen LogP contribution is -2.53. The Morgan fingerprint density at radius 3 is 2.56 bits per heavy atom. The Kier molecular flexibility index (Phi) is 5.88. The fourth-order valence-corrected chi connectivity index (χ4v) is 3.04. The lowest BCUT2D eigenvalue weighted by atomic mass is 9.97. The molecule has 1 aromatic rings. The van der Waals surface area contributed by atoms with Gasteiger partial charge in [0.2, 0.25) is 5.91 Å². The number of amides is 2. The predicted octanol–water partition coefficient (Wildman–Crippen LogP) is 3.86. The average molecular weight is 344 g/mol. The summed E-state index contributed by atoms with van der Waals surface area (Å²) in [6.07, 6.45) is 1.89. The van der Waals surface area contributed by atoms with Crippen LogP contribution in [0, 0.1) is 0 Å². The van der Waals surface area contributed by atoms with E-state index in [-0.39, 0.29) is 18.0 Å². The molecule has 0 radical (unpaired) electrons. The molecule has 1 atom stereocenters. The van der Waals surface area contributed by atoms with E-state index >= 15 is 0 Å². The van der Waals surface area contributed by atoms with Crippen LogP contribution in [0.15, 0.2) is 30.8 Å². The number of benzene rings is 1. The van der Waals surface area contributed by atoms with Gasteiger partial charge in [-0.25, -0.2) is 4.79 Å². The van der Waals surface area contributed by atoms with Crippen LogP contribution < -0.4 is 0 Å². The Labute approximate surface area is 150 Å². The van der Waals surface area contributed by atoms with E-state index in [1.807, 2.05) is 56.9 Å². The van der Waals surface area contributed by atoms with Gasteiger partial charge in [-0.3, -0.25) is 9.69 Å². The van der Waals surface area contributed by atoms with Crippen molar-refractivity contribution >= 4 is 18.1 Å². The third-order valence-corrected chi connectivity index (χ3v) is 4.24. The van der Waals surface area contributed by atoms with E-state index in [2.05, 4.69) is 6.58 Å². The average Bonchev–Trinajstić information content (AvgIpc) is 2.59. The number of hydrogen-bond acceptors (Lipinski definition) is 3. The van der Waals surface area contributed by atoms with Crippen molar-refractivity contribution in [3.05, 3.63) is 42.0 Å². The van der Waals surface area contributed by atoms with Crippen LogP contribution in [0.2, 0.25) is 0 Å². The predicted molar refractivity (Wildman–Crippen MR) is 99.1 cm³/mol. The molecule has 1 aromatic carbocycles. The first-order valence-electron chi connectivity index (χ1n) is 8.75. The molecule has 1 unspecified atom stereocenters. The zero-order valence-corrected chi connectivity index (χ0v) is 15.6. The number of carbonyl (C=O) groups is 2. The molecule has 5 heteroatoms. The lowest BCUT2D eigenvalue weighted by molar-refractivity contribution is -0.134. The number of hydrogen-bond donors (Lipinski definition) is 0. The van der Waals surface area contributed by atoms with Crippen LogP contribution in [0.4, 0.5) is 4.79 Å². The Morgan fingerprint density at radius 1 is 1.28 bits per heavy atom. The molecule has 1 aliphatic heterocycles. The first kappa shape index (κ1) is 19.0. The largest absolute Gasteiger partial charge is 0.444 e. The molecule has 136 valence electrons. The minimum absolute atomic E-state index is 0.102. The molecular weight excluding hydrogens is 316 g/mol. The van der Waals surface area contributed by atoms with Crippen LogP contribution in [0.1, 0.15) is 51.3 Å².